The molecule has 6 heteroatoms. The second kappa shape index (κ2) is 8.82. The Morgan fingerprint density at radius 3 is 2.45 bits per heavy atom. The van der Waals surface area contributed by atoms with E-state index in [2.05, 4.69) is 0 Å². The maximum Gasteiger partial charge on any atom is 0.227 e. The van der Waals surface area contributed by atoms with Crippen molar-refractivity contribution in [2.75, 3.05) is 32.8 Å². The monoisotopic (exact) mass is 402 g/mol. The van der Waals surface area contributed by atoms with Crippen molar-refractivity contribution in [2.24, 2.45) is 5.92 Å². The Hall–Kier alpha value is -1.95. The van der Waals surface area contributed by atoms with Gasteiger partial charge in [0.1, 0.15) is 5.82 Å². The molecule has 0 aromatic heterocycles. The molecule has 3 saturated heterocycles. The number of amides is 2. The lowest BCUT2D eigenvalue weighted by atomic mass is 9.78. The van der Waals surface area contributed by atoms with E-state index in [-0.39, 0.29) is 23.7 Å². The predicted molar refractivity (Wildman–Crippen MR) is 108 cm³/mol. The highest BCUT2D eigenvalue weighted by Crippen LogP contribution is 2.39. The Kier molecular flexibility index (Phi) is 6.18. The summed E-state index contributed by atoms with van der Waals surface area (Å²) in [6.07, 6.45) is 6.42. The molecule has 3 heterocycles. The van der Waals surface area contributed by atoms with Crippen LogP contribution in [0.2, 0.25) is 0 Å². The van der Waals surface area contributed by atoms with E-state index in [9.17, 15) is 14.0 Å². The summed E-state index contributed by atoms with van der Waals surface area (Å²) < 4.78 is 20.0. The van der Waals surface area contributed by atoms with Crippen LogP contribution in [0.5, 0.6) is 0 Å². The van der Waals surface area contributed by atoms with Gasteiger partial charge < -0.3 is 14.5 Å². The highest BCUT2D eigenvalue weighted by atomic mass is 19.1. The molecule has 1 spiro atoms. The van der Waals surface area contributed by atoms with Gasteiger partial charge >= 0.3 is 0 Å². The molecular weight excluding hydrogens is 371 g/mol. The Bertz CT molecular complexity index is 739. The van der Waals surface area contributed by atoms with Crippen LogP contribution >= 0.6 is 0 Å². The SMILES string of the molecule is O=C(Cc1ccccc1F)N1CCC2(CC1)CC(CC(=O)N1CCCC1)CCO2. The number of ether oxygens (including phenoxy) is 1. The van der Waals surface area contributed by atoms with Crippen molar-refractivity contribution >= 4 is 11.8 Å². The lowest BCUT2D eigenvalue weighted by Crippen LogP contribution is -2.51. The van der Waals surface area contributed by atoms with Gasteiger partial charge in [-0.25, -0.2) is 4.39 Å². The van der Waals surface area contributed by atoms with Gasteiger partial charge in [-0.05, 0) is 56.1 Å². The summed E-state index contributed by atoms with van der Waals surface area (Å²) in [6.45, 7) is 3.79. The fraction of sp³-hybridized carbons (Fsp3) is 0.652. The van der Waals surface area contributed by atoms with Crippen molar-refractivity contribution in [1.82, 2.24) is 9.80 Å². The van der Waals surface area contributed by atoms with Gasteiger partial charge in [0.2, 0.25) is 11.8 Å². The molecule has 3 fully saturated rings. The quantitative estimate of drug-likeness (QED) is 0.777. The van der Waals surface area contributed by atoms with E-state index < -0.39 is 0 Å². The molecule has 158 valence electrons. The number of nitrogens with zero attached hydrogens (tertiary/aromatic N) is 2. The number of benzene rings is 1. The van der Waals surface area contributed by atoms with E-state index in [4.69, 9.17) is 4.74 Å². The van der Waals surface area contributed by atoms with E-state index in [0.29, 0.717) is 43.5 Å². The molecule has 1 aromatic rings. The highest BCUT2D eigenvalue weighted by molar-refractivity contribution is 5.79. The van der Waals surface area contributed by atoms with Gasteiger partial charge in [-0.2, -0.15) is 0 Å². The predicted octanol–water partition coefficient (Wildman–Crippen LogP) is 3.17. The van der Waals surface area contributed by atoms with Crippen LogP contribution in [0.4, 0.5) is 4.39 Å². The van der Waals surface area contributed by atoms with Crippen LogP contribution in [0.3, 0.4) is 0 Å². The van der Waals surface area contributed by atoms with E-state index in [1.54, 1.807) is 18.2 Å². The zero-order valence-electron chi connectivity index (χ0n) is 17.1. The maximum atomic E-state index is 13.8. The third-order valence-electron chi connectivity index (χ3n) is 6.84. The number of halogens is 1. The standard InChI is InChI=1S/C23H31FN2O3/c24-20-6-2-1-5-19(20)16-22(28)26-12-8-23(9-13-26)17-18(7-14-29-23)15-21(27)25-10-3-4-11-25/h1-2,5-6,18H,3-4,7-17H2. The van der Waals surface area contributed by atoms with E-state index in [0.717, 1.165) is 51.6 Å². The van der Waals surface area contributed by atoms with Crippen LogP contribution in [-0.2, 0) is 20.7 Å². The van der Waals surface area contributed by atoms with Crippen LogP contribution in [0.1, 0.15) is 50.5 Å². The summed E-state index contributed by atoms with van der Waals surface area (Å²) in [5, 5.41) is 0. The number of piperidine rings is 1. The van der Waals surface area contributed by atoms with E-state index in [1.165, 1.54) is 6.07 Å². The van der Waals surface area contributed by atoms with Gasteiger partial charge in [-0.1, -0.05) is 18.2 Å². The first-order valence-electron chi connectivity index (χ1n) is 11.0. The van der Waals surface area contributed by atoms with Crippen molar-refractivity contribution in [2.45, 2.75) is 57.0 Å². The molecule has 0 aliphatic carbocycles. The van der Waals surface area contributed by atoms with Crippen LogP contribution < -0.4 is 0 Å². The first-order valence-corrected chi connectivity index (χ1v) is 11.0. The topological polar surface area (TPSA) is 49.9 Å². The largest absolute Gasteiger partial charge is 0.375 e. The number of carbonyl (C=O) groups is 2. The van der Waals surface area contributed by atoms with Crippen LogP contribution in [-0.4, -0.2) is 60.0 Å². The minimum atomic E-state index is -0.324. The first kappa shape index (κ1) is 20.3. The molecule has 5 nitrogen and oxygen atoms in total. The zero-order chi connectivity index (χ0) is 20.3. The van der Waals surface area contributed by atoms with E-state index in [1.807, 2.05) is 9.80 Å². The van der Waals surface area contributed by atoms with Gasteiger partial charge in [0.25, 0.3) is 0 Å². The zero-order valence-corrected chi connectivity index (χ0v) is 17.1. The average molecular weight is 403 g/mol. The van der Waals surface area contributed by atoms with Gasteiger partial charge in [0.15, 0.2) is 0 Å². The summed E-state index contributed by atoms with van der Waals surface area (Å²) in [5.74, 6) is 0.316. The van der Waals surface area contributed by atoms with Gasteiger partial charge in [-0.15, -0.1) is 0 Å². The number of rotatable bonds is 4. The second-order valence-corrected chi connectivity index (χ2v) is 8.83. The Labute approximate surface area is 172 Å². The fourth-order valence-corrected chi connectivity index (χ4v) is 5.07. The molecule has 4 rings (SSSR count). The highest BCUT2D eigenvalue weighted by Gasteiger charge is 2.41. The normalized spacial score (nSPS) is 24.1. The number of hydrogen-bond acceptors (Lipinski definition) is 3. The van der Waals surface area contributed by atoms with Crippen molar-refractivity contribution < 1.29 is 18.7 Å². The number of hydrogen-bond donors (Lipinski definition) is 0. The summed E-state index contributed by atoms with van der Waals surface area (Å²) in [6, 6.07) is 6.47. The minimum absolute atomic E-state index is 0.0264. The molecule has 3 aliphatic rings. The number of likely N-dealkylation sites (tertiary alicyclic amines) is 2. The van der Waals surface area contributed by atoms with Gasteiger partial charge in [0, 0.05) is 39.2 Å². The van der Waals surface area contributed by atoms with Crippen LogP contribution in [0.25, 0.3) is 0 Å². The molecule has 0 radical (unpaired) electrons. The smallest absolute Gasteiger partial charge is 0.227 e. The van der Waals surface area contributed by atoms with Crippen molar-refractivity contribution in [3.8, 4) is 0 Å². The van der Waals surface area contributed by atoms with Gasteiger partial charge in [0.05, 0.1) is 12.0 Å². The third-order valence-corrected chi connectivity index (χ3v) is 6.84. The first-order chi connectivity index (χ1) is 14.0. The fourth-order valence-electron chi connectivity index (χ4n) is 5.07. The summed E-state index contributed by atoms with van der Waals surface area (Å²) >= 11 is 0. The number of carbonyl (C=O) groups excluding carboxylic acids is 2. The van der Waals surface area contributed by atoms with Crippen molar-refractivity contribution in [3.05, 3.63) is 35.6 Å². The Balaban J connectivity index is 1.29. The van der Waals surface area contributed by atoms with Crippen LogP contribution in [0, 0.1) is 11.7 Å². The van der Waals surface area contributed by atoms with Crippen molar-refractivity contribution in [3.63, 3.8) is 0 Å². The molecular formula is C23H31FN2O3. The van der Waals surface area contributed by atoms with Gasteiger partial charge in [-0.3, -0.25) is 9.59 Å². The van der Waals surface area contributed by atoms with Crippen molar-refractivity contribution in [1.29, 1.82) is 0 Å². The molecule has 0 saturated carbocycles. The molecule has 29 heavy (non-hydrogen) atoms. The lowest BCUT2D eigenvalue weighted by molar-refractivity contribution is -0.149. The summed E-state index contributed by atoms with van der Waals surface area (Å²) in [7, 11) is 0. The third kappa shape index (κ3) is 4.80. The Morgan fingerprint density at radius 2 is 1.72 bits per heavy atom. The molecule has 1 unspecified atom stereocenters. The van der Waals surface area contributed by atoms with E-state index >= 15 is 0 Å². The molecule has 1 atom stereocenters. The maximum absolute atomic E-state index is 13.8. The average Bonchev–Trinajstić information content (AvgIpc) is 3.25. The molecule has 3 aliphatic heterocycles. The summed E-state index contributed by atoms with van der Waals surface area (Å²) in [5.41, 5.74) is 0.246. The molecule has 0 bridgehead atoms. The molecule has 0 N–H and O–H groups in total. The molecule has 1 aromatic carbocycles. The molecule has 2 amide bonds. The lowest BCUT2D eigenvalue weighted by Gasteiger charge is -2.46. The minimum Gasteiger partial charge on any atom is -0.375 e. The van der Waals surface area contributed by atoms with Crippen LogP contribution in [0.15, 0.2) is 24.3 Å². The second-order valence-electron chi connectivity index (χ2n) is 8.83. The Morgan fingerprint density at radius 1 is 1.03 bits per heavy atom. The summed E-state index contributed by atoms with van der Waals surface area (Å²) in [4.78, 5) is 29.0.